The SMILES string of the molecule is [C-]#[N+]c1cc(-c2nc(-c3ccc4oc5ccccc5c4c3)nc(-c3ccccc3)c2C#N)ccc1-n1c2ccccc2c2ccc3c4ccccc4oc3c21. The summed E-state index contributed by atoms with van der Waals surface area (Å²) in [4.78, 5) is 14.2. The highest BCUT2D eigenvalue weighted by Gasteiger charge is 2.23. The van der Waals surface area contributed by atoms with E-state index in [1.54, 1.807) is 0 Å². The molecule has 7 aromatic carbocycles. The Labute approximate surface area is 313 Å². The van der Waals surface area contributed by atoms with Gasteiger partial charge in [-0.2, -0.15) is 5.26 Å². The van der Waals surface area contributed by atoms with Gasteiger partial charge in [0.05, 0.1) is 34.7 Å². The molecule has 0 saturated carbocycles. The van der Waals surface area contributed by atoms with Crippen molar-refractivity contribution in [2.75, 3.05) is 0 Å². The second kappa shape index (κ2) is 11.8. The van der Waals surface area contributed by atoms with Crippen LogP contribution in [0.25, 0.3) is 110 Å². The molecule has 0 aliphatic rings. The highest BCUT2D eigenvalue weighted by atomic mass is 16.3. The number of hydrogen-bond donors (Lipinski definition) is 0. The van der Waals surface area contributed by atoms with Gasteiger partial charge in [0.1, 0.15) is 28.4 Å². The number of hydrogen-bond acceptors (Lipinski definition) is 5. The topological polar surface area (TPSA) is 85.1 Å². The Kier molecular flexibility index (Phi) is 6.54. The molecule has 0 saturated heterocycles. The third-order valence-electron chi connectivity index (χ3n) is 10.5. The van der Waals surface area contributed by atoms with Gasteiger partial charge in [0, 0.05) is 43.4 Å². The Hall–Kier alpha value is -8.00. The molecule has 11 aromatic rings. The molecule has 0 fully saturated rings. The third-order valence-corrected chi connectivity index (χ3v) is 10.5. The molecule has 0 bridgehead atoms. The third kappa shape index (κ3) is 4.54. The van der Waals surface area contributed by atoms with Gasteiger partial charge in [-0.3, -0.25) is 0 Å². The van der Waals surface area contributed by atoms with Crippen LogP contribution in [0.5, 0.6) is 0 Å². The Balaban J connectivity index is 1.16. The van der Waals surface area contributed by atoms with Crippen molar-refractivity contribution in [3.63, 3.8) is 0 Å². The Morgan fingerprint density at radius 2 is 1.18 bits per heavy atom. The lowest BCUT2D eigenvalue weighted by Gasteiger charge is -2.15. The molecule has 7 heteroatoms. The first-order valence-electron chi connectivity index (χ1n) is 17.8. The summed E-state index contributed by atoms with van der Waals surface area (Å²) in [7, 11) is 0. The van der Waals surface area contributed by atoms with E-state index in [0.717, 1.165) is 76.8 Å². The molecule has 0 N–H and O–H groups in total. The number of para-hydroxylation sites is 3. The molecular formula is C48H25N5O2. The summed E-state index contributed by atoms with van der Waals surface area (Å²) in [5.74, 6) is 0.461. The maximum atomic E-state index is 10.7. The van der Waals surface area contributed by atoms with Crippen molar-refractivity contribution in [3.05, 3.63) is 169 Å². The van der Waals surface area contributed by atoms with Gasteiger partial charge in [-0.25, -0.2) is 14.8 Å². The van der Waals surface area contributed by atoms with Crippen LogP contribution in [0, 0.1) is 17.9 Å². The van der Waals surface area contributed by atoms with Crippen LogP contribution in [0.1, 0.15) is 5.56 Å². The predicted molar refractivity (Wildman–Crippen MR) is 218 cm³/mol. The first kappa shape index (κ1) is 30.6. The summed E-state index contributed by atoms with van der Waals surface area (Å²) in [6, 6.07) is 52.2. The second-order valence-electron chi connectivity index (χ2n) is 13.5. The summed E-state index contributed by atoms with van der Waals surface area (Å²) >= 11 is 0. The lowest BCUT2D eigenvalue weighted by Crippen LogP contribution is -2.01. The average Bonchev–Trinajstić information content (AvgIpc) is 3.92. The Morgan fingerprint density at radius 3 is 1.96 bits per heavy atom. The molecule has 7 nitrogen and oxygen atoms in total. The van der Waals surface area contributed by atoms with Crippen LogP contribution in [0.2, 0.25) is 0 Å². The van der Waals surface area contributed by atoms with Gasteiger partial charge < -0.3 is 13.4 Å². The van der Waals surface area contributed by atoms with Gasteiger partial charge >= 0.3 is 0 Å². The van der Waals surface area contributed by atoms with Crippen molar-refractivity contribution in [2.45, 2.75) is 0 Å². The van der Waals surface area contributed by atoms with E-state index >= 15 is 0 Å². The molecule has 0 aliphatic carbocycles. The highest BCUT2D eigenvalue weighted by molar-refractivity contribution is 6.21. The van der Waals surface area contributed by atoms with Gasteiger partial charge in [0.15, 0.2) is 11.4 Å². The fourth-order valence-electron chi connectivity index (χ4n) is 8.01. The Bertz CT molecular complexity index is 3470. The van der Waals surface area contributed by atoms with E-state index in [1.807, 2.05) is 121 Å². The molecule has 0 spiro atoms. The zero-order valence-corrected chi connectivity index (χ0v) is 29.0. The summed E-state index contributed by atoms with van der Waals surface area (Å²) < 4.78 is 14.8. The molecule has 11 rings (SSSR count). The summed E-state index contributed by atoms with van der Waals surface area (Å²) in [6.07, 6.45) is 0. The van der Waals surface area contributed by atoms with E-state index in [4.69, 9.17) is 25.4 Å². The molecule has 4 heterocycles. The monoisotopic (exact) mass is 703 g/mol. The van der Waals surface area contributed by atoms with E-state index < -0.39 is 0 Å². The molecule has 4 aromatic heterocycles. The normalized spacial score (nSPS) is 11.6. The fourth-order valence-corrected chi connectivity index (χ4v) is 8.01. The Morgan fingerprint density at radius 1 is 0.545 bits per heavy atom. The largest absolute Gasteiger partial charge is 0.456 e. The standard InChI is InChI=1S/C48H25N5O2/c1-50-38-26-29(19-23-40(38)53-39-16-8-5-13-31(39)34-21-22-35-32-14-6-10-18-42(32)55-47(35)46(34)53)45-37(27-49)44(28-11-3-2-4-12-28)51-48(52-45)30-20-24-43-36(25-30)33-15-7-9-17-41(33)54-43/h2-26H. The number of nitriles is 1. The molecule has 0 amide bonds. The van der Waals surface area contributed by atoms with E-state index in [9.17, 15) is 5.26 Å². The predicted octanol–water partition coefficient (Wildman–Crippen LogP) is 12.8. The van der Waals surface area contributed by atoms with Crippen LogP contribution in [0.15, 0.2) is 160 Å². The van der Waals surface area contributed by atoms with Crippen LogP contribution >= 0.6 is 0 Å². The van der Waals surface area contributed by atoms with Crippen LogP contribution in [-0.2, 0) is 0 Å². The van der Waals surface area contributed by atoms with Crippen LogP contribution in [0.3, 0.4) is 0 Å². The molecule has 0 atom stereocenters. The number of aromatic nitrogens is 3. The lowest BCUT2D eigenvalue weighted by atomic mass is 9.99. The second-order valence-corrected chi connectivity index (χ2v) is 13.5. The number of fused-ring (bicyclic) bond motifs is 10. The van der Waals surface area contributed by atoms with E-state index in [1.165, 1.54) is 0 Å². The van der Waals surface area contributed by atoms with Crippen LogP contribution in [-0.4, -0.2) is 14.5 Å². The van der Waals surface area contributed by atoms with Crippen LogP contribution in [0.4, 0.5) is 5.69 Å². The minimum atomic E-state index is 0.328. The molecule has 0 radical (unpaired) electrons. The first-order chi connectivity index (χ1) is 27.2. The van der Waals surface area contributed by atoms with Crippen molar-refractivity contribution < 1.29 is 8.83 Å². The minimum Gasteiger partial charge on any atom is -0.456 e. The van der Waals surface area contributed by atoms with Gasteiger partial charge in [0.2, 0.25) is 5.69 Å². The smallest absolute Gasteiger partial charge is 0.211 e. The molecular weight excluding hydrogens is 679 g/mol. The maximum absolute atomic E-state index is 10.7. The molecule has 254 valence electrons. The maximum Gasteiger partial charge on any atom is 0.211 e. The van der Waals surface area contributed by atoms with Gasteiger partial charge in [-0.1, -0.05) is 97.1 Å². The molecule has 55 heavy (non-hydrogen) atoms. The zero-order chi connectivity index (χ0) is 36.6. The van der Waals surface area contributed by atoms with Crippen molar-refractivity contribution in [1.82, 2.24) is 14.5 Å². The minimum absolute atomic E-state index is 0.328. The van der Waals surface area contributed by atoms with Gasteiger partial charge in [-0.15, -0.1) is 0 Å². The first-order valence-corrected chi connectivity index (χ1v) is 17.8. The average molecular weight is 704 g/mol. The van der Waals surface area contributed by atoms with Crippen molar-refractivity contribution >= 4 is 71.4 Å². The summed E-state index contributed by atoms with van der Waals surface area (Å²) in [5.41, 5.74) is 9.60. The van der Waals surface area contributed by atoms with E-state index in [0.29, 0.717) is 39.7 Å². The van der Waals surface area contributed by atoms with Crippen molar-refractivity contribution in [3.8, 4) is 45.7 Å². The summed E-state index contributed by atoms with van der Waals surface area (Å²) in [5, 5.41) is 16.8. The quantitative estimate of drug-likeness (QED) is 0.170. The fraction of sp³-hybridized carbons (Fsp3) is 0. The molecule has 0 aliphatic heterocycles. The van der Waals surface area contributed by atoms with E-state index in [-0.39, 0.29) is 0 Å². The van der Waals surface area contributed by atoms with Crippen molar-refractivity contribution in [1.29, 1.82) is 5.26 Å². The number of rotatable bonds is 4. The lowest BCUT2D eigenvalue weighted by molar-refractivity contribution is 0.669. The van der Waals surface area contributed by atoms with Gasteiger partial charge in [-0.05, 0) is 60.2 Å². The number of nitrogens with zero attached hydrogens (tertiary/aromatic N) is 5. The summed E-state index contributed by atoms with van der Waals surface area (Å²) in [6.45, 7) is 8.47. The number of benzene rings is 7. The highest BCUT2D eigenvalue weighted by Crippen LogP contribution is 2.43. The number of furan rings is 2. The van der Waals surface area contributed by atoms with Crippen molar-refractivity contribution in [2.24, 2.45) is 0 Å². The molecule has 0 unspecified atom stereocenters. The van der Waals surface area contributed by atoms with E-state index in [2.05, 4.69) is 45.8 Å². The van der Waals surface area contributed by atoms with Crippen LogP contribution < -0.4 is 0 Å². The zero-order valence-electron chi connectivity index (χ0n) is 29.0. The van der Waals surface area contributed by atoms with Gasteiger partial charge in [0.25, 0.3) is 0 Å².